The van der Waals surface area contributed by atoms with Crippen LogP contribution in [0.4, 0.5) is 8.78 Å². The van der Waals surface area contributed by atoms with Gasteiger partial charge in [0, 0.05) is 13.2 Å². The Morgan fingerprint density at radius 2 is 2.18 bits per heavy atom. The van der Waals surface area contributed by atoms with Gasteiger partial charge in [-0.2, -0.15) is 13.5 Å². The highest BCUT2D eigenvalue weighted by Gasteiger charge is 2.12. The SMILES string of the molecule is [B]c1cn(C)n(C(F)F)c1=O. The highest BCUT2D eigenvalue weighted by molar-refractivity contribution is 6.31. The Kier molecular flexibility index (Phi) is 1.84. The molecule has 0 saturated carbocycles. The van der Waals surface area contributed by atoms with Gasteiger partial charge in [0.05, 0.1) is 0 Å². The van der Waals surface area contributed by atoms with Crippen LogP contribution in [-0.4, -0.2) is 17.2 Å². The molecule has 1 aromatic rings. The van der Waals surface area contributed by atoms with Crippen molar-refractivity contribution in [1.29, 1.82) is 0 Å². The molecule has 0 aliphatic heterocycles. The van der Waals surface area contributed by atoms with Crippen LogP contribution in [0, 0.1) is 0 Å². The molecule has 58 valence electrons. The molecule has 0 aromatic carbocycles. The topological polar surface area (TPSA) is 26.9 Å². The van der Waals surface area contributed by atoms with E-state index in [9.17, 15) is 13.6 Å². The van der Waals surface area contributed by atoms with Crippen LogP contribution in [0.2, 0.25) is 0 Å². The van der Waals surface area contributed by atoms with E-state index in [-0.39, 0.29) is 10.1 Å². The highest BCUT2D eigenvalue weighted by Crippen LogP contribution is 2.03. The minimum absolute atomic E-state index is 0.173. The van der Waals surface area contributed by atoms with Gasteiger partial charge in [0.15, 0.2) is 0 Å². The van der Waals surface area contributed by atoms with E-state index < -0.39 is 12.1 Å². The molecule has 0 N–H and O–H groups in total. The van der Waals surface area contributed by atoms with Crippen molar-refractivity contribution in [3.8, 4) is 0 Å². The lowest BCUT2D eigenvalue weighted by Gasteiger charge is -2.03. The summed E-state index contributed by atoms with van der Waals surface area (Å²) in [4.78, 5) is 10.8. The number of hydrogen-bond donors (Lipinski definition) is 0. The van der Waals surface area contributed by atoms with Gasteiger partial charge in [-0.1, -0.05) is 0 Å². The fourth-order valence-electron chi connectivity index (χ4n) is 0.821. The van der Waals surface area contributed by atoms with Gasteiger partial charge in [0.1, 0.15) is 7.85 Å². The van der Waals surface area contributed by atoms with Crippen LogP contribution in [0.1, 0.15) is 6.55 Å². The van der Waals surface area contributed by atoms with E-state index in [0.717, 1.165) is 10.9 Å². The number of hydrogen-bond acceptors (Lipinski definition) is 1. The molecule has 0 spiro atoms. The van der Waals surface area contributed by atoms with Crippen LogP contribution in [0.15, 0.2) is 11.0 Å². The van der Waals surface area contributed by atoms with E-state index in [1.807, 2.05) is 0 Å². The molecular weight excluding hydrogens is 153 g/mol. The predicted molar refractivity (Wildman–Crippen MR) is 36.3 cm³/mol. The third-order valence-corrected chi connectivity index (χ3v) is 1.31. The molecule has 0 saturated heterocycles. The molecule has 3 nitrogen and oxygen atoms in total. The van der Waals surface area contributed by atoms with Crippen LogP contribution in [0.3, 0.4) is 0 Å². The maximum absolute atomic E-state index is 12.0. The Hall–Kier alpha value is -1.07. The van der Waals surface area contributed by atoms with Crippen molar-refractivity contribution in [1.82, 2.24) is 9.36 Å². The summed E-state index contributed by atoms with van der Waals surface area (Å²) in [5.74, 6) is 0. The monoisotopic (exact) mass is 158 g/mol. The Morgan fingerprint density at radius 1 is 1.64 bits per heavy atom. The largest absolute Gasteiger partial charge is 0.334 e. The quantitative estimate of drug-likeness (QED) is 0.500. The first-order valence-electron chi connectivity index (χ1n) is 2.86. The van der Waals surface area contributed by atoms with Gasteiger partial charge in [-0.05, 0) is 5.46 Å². The molecule has 0 amide bonds. The van der Waals surface area contributed by atoms with Crippen LogP contribution in [0.5, 0.6) is 0 Å². The smallest absolute Gasteiger partial charge is 0.289 e. The van der Waals surface area contributed by atoms with Crippen molar-refractivity contribution in [2.45, 2.75) is 6.55 Å². The first-order chi connectivity index (χ1) is 5.04. The third kappa shape index (κ3) is 1.20. The molecule has 1 aromatic heterocycles. The number of aromatic nitrogens is 2. The van der Waals surface area contributed by atoms with E-state index in [1.165, 1.54) is 7.05 Å². The molecule has 0 aliphatic carbocycles. The number of halogens is 2. The third-order valence-electron chi connectivity index (χ3n) is 1.31. The second-order valence-electron chi connectivity index (χ2n) is 2.09. The van der Waals surface area contributed by atoms with Gasteiger partial charge in [0.25, 0.3) is 5.56 Å². The molecule has 0 aliphatic rings. The second kappa shape index (κ2) is 2.52. The van der Waals surface area contributed by atoms with Gasteiger partial charge in [-0.15, -0.1) is 0 Å². The van der Waals surface area contributed by atoms with Crippen LogP contribution in [0.25, 0.3) is 0 Å². The summed E-state index contributed by atoms with van der Waals surface area (Å²) in [6.45, 7) is -2.84. The average Bonchev–Trinajstić information content (AvgIpc) is 2.07. The fourth-order valence-corrected chi connectivity index (χ4v) is 0.821. The summed E-state index contributed by atoms with van der Waals surface area (Å²) in [5.41, 5.74) is -1.03. The van der Waals surface area contributed by atoms with Crippen molar-refractivity contribution in [3.05, 3.63) is 16.6 Å². The van der Waals surface area contributed by atoms with E-state index >= 15 is 0 Å². The van der Waals surface area contributed by atoms with Crippen molar-refractivity contribution >= 4 is 13.3 Å². The maximum Gasteiger partial charge on any atom is 0.334 e. The first kappa shape index (κ1) is 8.04. The molecule has 0 fully saturated rings. The zero-order valence-electron chi connectivity index (χ0n) is 5.79. The zero-order valence-corrected chi connectivity index (χ0v) is 5.79. The molecule has 11 heavy (non-hydrogen) atoms. The Morgan fingerprint density at radius 3 is 2.36 bits per heavy atom. The van der Waals surface area contributed by atoms with Crippen LogP contribution in [-0.2, 0) is 7.05 Å². The number of alkyl halides is 2. The molecular formula is C5H5BF2N2O. The summed E-state index contributed by atoms with van der Waals surface area (Å²) in [6.07, 6.45) is 1.15. The summed E-state index contributed by atoms with van der Waals surface area (Å²) in [7, 11) is 6.42. The van der Waals surface area contributed by atoms with E-state index in [1.54, 1.807) is 0 Å². The summed E-state index contributed by atoms with van der Waals surface area (Å²) < 4.78 is 25.2. The van der Waals surface area contributed by atoms with Crippen LogP contribution < -0.4 is 11.0 Å². The number of aryl methyl sites for hydroxylation is 1. The second-order valence-corrected chi connectivity index (χ2v) is 2.09. The van der Waals surface area contributed by atoms with Gasteiger partial charge >= 0.3 is 6.55 Å². The van der Waals surface area contributed by atoms with Crippen molar-refractivity contribution in [3.63, 3.8) is 0 Å². The van der Waals surface area contributed by atoms with Crippen LogP contribution >= 0.6 is 0 Å². The maximum atomic E-state index is 12.0. The van der Waals surface area contributed by atoms with Crippen molar-refractivity contribution < 1.29 is 8.78 Å². The highest BCUT2D eigenvalue weighted by atomic mass is 19.3. The standard InChI is InChI=1S/C5H5BF2N2O/c1-9-2-3(6)4(11)10(9)5(7)8/h2,5H,1H3. The Labute approximate surface area is 62.6 Å². The molecule has 1 heterocycles. The van der Waals surface area contributed by atoms with Crippen molar-refractivity contribution in [2.24, 2.45) is 7.05 Å². The molecule has 6 heteroatoms. The Bertz CT molecular complexity index is 317. The molecule has 0 unspecified atom stereocenters. The summed E-state index contributed by atoms with van der Waals surface area (Å²) in [6, 6.07) is 0. The van der Waals surface area contributed by atoms with Crippen molar-refractivity contribution in [2.75, 3.05) is 0 Å². The first-order valence-corrected chi connectivity index (χ1v) is 2.86. The van der Waals surface area contributed by atoms with Gasteiger partial charge in [0.2, 0.25) is 0 Å². The van der Waals surface area contributed by atoms with Gasteiger partial charge in [-0.3, -0.25) is 9.48 Å². The minimum atomic E-state index is -2.84. The molecule has 2 radical (unpaired) electrons. The lowest BCUT2D eigenvalue weighted by molar-refractivity contribution is 0.0417. The normalized spacial score (nSPS) is 10.9. The lowest BCUT2D eigenvalue weighted by Crippen LogP contribution is -2.29. The van der Waals surface area contributed by atoms with E-state index in [0.29, 0.717) is 0 Å². The Balaban J connectivity index is 3.35. The zero-order chi connectivity index (χ0) is 8.59. The fraction of sp³-hybridized carbons (Fsp3) is 0.400. The number of rotatable bonds is 1. The molecule has 1 rings (SSSR count). The summed E-state index contributed by atoms with van der Waals surface area (Å²) in [5, 5.41) is 0. The number of nitrogens with zero attached hydrogens (tertiary/aromatic N) is 2. The lowest BCUT2D eigenvalue weighted by atomic mass is 10.0. The molecule has 0 bridgehead atoms. The molecule has 0 atom stereocenters. The van der Waals surface area contributed by atoms with Gasteiger partial charge < -0.3 is 0 Å². The van der Waals surface area contributed by atoms with E-state index in [2.05, 4.69) is 0 Å². The van der Waals surface area contributed by atoms with Gasteiger partial charge in [-0.25, -0.2) is 0 Å². The van der Waals surface area contributed by atoms with E-state index in [4.69, 9.17) is 7.85 Å². The predicted octanol–water partition coefficient (Wildman–Crippen LogP) is -0.624. The average molecular weight is 158 g/mol. The minimum Gasteiger partial charge on any atom is -0.289 e. The summed E-state index contributed by atoms with van der Waals surface area (Å²) >= 11 is 0.